The van der Waals surface area contributed by atoms with Gasteiger partial charge in [-0.05, 0) is 30.8 Å². The molecule has 102 valence electrons. The summed E-state index contributed by atoms with van der Waals surface area (Å²) in [5.41, 5.74) is 0.551. The van der Waals surface area contributed by atoms with Crippen LogP contribution in [0.3, 0.4) is 0 Å². The van der Waals surface area contributed by atoms with Gasteiger partial charge in [-0.1, -0.05) is 0 Å². The number of carboxylic acids is 1. The summed E-state index contributed by atoms with van der Waals surface area (Å²) < 4.78 is 0. The van der Waals surface area contributed by atoms with E-state index in [4.69, 9.17) is 5.11 Å². The van der Waals surface area contributed by atoms with E-state index in [1.54, 1.807) is 6.92 Å². The van der Waals surface area contributed by atoms with Crippen LogP contribution in [-0.2, 0) is 0 Å². The molecule has 0 atom stereocenters. The highest BCUT2D eigenvalue weighted by Gasteiger charge is 2.13. The standard InChI is InChI=1S/C12H9N3O4S/c1-7-5-13-11(4-9(7)15(18)19)20-10-3-2-8(6-14-10)12(16)17/h2-6H,1H3,(H,16,17). The molecular weight excluding hydrogens is 282 g/mol. The first kappa shape index (κ1) is 13.9. The van der Waals surface area contributed by atoms with Gasteiger partial charge in [0.25, 0.3) is 5.69 Å². The molecule has 0 aliphatic carbocycles. The molecule has 7 nitrogen and oxygen atoms in total. The molecule has 2 rings (SSSR count). The Kier molecular flexibility index (Phi) is 3.94. The molecule has 0 saturated carbocycles. The van der Waals surface area contributed by atoms with Crippen molar-refractivity contribution in [3.05, 3.63) is 51.8 Å². The highest BCUT2D eigenvalue weighted by molar-refractivity contribution is 7.99. The van der Waals surface area contributed by atoms with Gasteiger partial charge in [0.15, 0.2) is 0 Å². The second-order valence-corrected chi connectivity index (χ2v) is 4.90. The third kappa shape index (κ3) is 3.09. The van der Waals surface area contributed by atoms with Crippen LogP contribution >= 0.6 is 11.8 Å². The van der Waals surface area contributed by atoms with E-state index in [2.05, 4.69) is 9.97 Å². The van der Waals surface area contributed by atoms with Crippen LogP contribution in [0.15, 0.2) is 40.6 Å². The molecule has 1 N–H and O–H groups in total. The molecule has 0 fully saturated rings. The Balaban J connectivity index is 2.23. The van der Waals surface area contributed by atoms with Crippen LogP contribution in [0.4, 0.5) is 5.69 Å². The fraction of sp³-hybridized carbons (Fsp3) is 0.0833. The summed E-state index contributed by atoms with van der Waals surface area (Å²) in [6, 6.07) is 4.31. The number of hydrogen-bond acceptors (Lipinski definition) is 6. The number of aromatic carboxylic acids is 1. The SMILES string of the molecule is Cc1cnc(Sc2ccc(C(=O)O)cn2)cc1[N+](=O)[O-]. The van der Waals surface area contributed by atoms with Crippen LogP contribution in [0, 0.1) is 17.0 Å². The third-order valence-corrected chi connectivity index (χ3v) is 3.32. The number of aryl methyl sites for hydroxylation is 1. The zero-order valence-corrected chi connectivity index (χ0v) is 11.1. The summed E-state index contributed by atoms with van der Waals surface area (Å²) in [5, 5.41) is 20.5. The van der Waals surface area contributed by atoms with Crippen molar-refractivity contribution in [1.29, 1.82) is 0 Å². The van der Waals surface area contributed by atoms with Crippen molar-refractivity contribution in [3.63, 3.8) is 0 Å². The van der Waals surface area contributed by atoms with Crippen LogP contribution in [0.2, 0.25) is 0 Å². The van der Waals surface area contributed by atoms with E-state index >= 15 is 0 Å². The van der Waals surface area contributed by atoms with Crippen LogP contribution in [0.25, 0.3) is 0 Å². The van der Waals surface area contributed by atoms with Crippen LogP contribution in [0.1, 0.15) is 15.9 Å². The Hall–Kier alpha value is -2.48. The molecule has 2 aromatic rings. The molecule has 2 aromatic heterocycles. The lowest BCUT2D eigenvalue weighted by atomic mass is 10.3. The van der Waals surface area contributed by atoms with Gasteiger partial charge in [-0.25, -0.2) is 14.8 Å². The first-order valence-electron chi connectivity index (χ1n) is 5.45. The zero-order valence-electron chi connectivity index (χ0n) is 10.3. The maximum atomic E-state index is 10.8. The van der Waals surface area contributed by atoms with Gasteiger partial charge >= 0.3 is 5.97 Å². The summed E-state index contributed by atoms with van der Waals surface area (Å²) >= 11 is 1.13. The van der Waals surface area contributed by atoms with Crippen molar-refractivity contribution in [1.82, 2.24) is 9.97 Å². The summed E-state index contributed by atoms with van der Waals surface area (Å²) in [5.74, 6) is -1.06. The lowest BCUT2D eigenvalue weighted by Gasteiger charge is -2.02. The van der Waals surface area contributed by atoms with Crippen LogP contribution in [0.5, 0.6) is 0 Å². The minimum Gasteiger partial charge on any atom is -0.478 e. The number of pyridine rings is 2. The van der Waals surface area contributed by atoms with E-state index < -0.39 is 10.9 Å². The number of carbonyl (C=O) groups is 1. The number of carboxylic acid groups (broad SMARTS) is 1. The molecule has 0 amide bonds. The maximum absolute atomic E-state index is 10.8. The number of hydrogen-bond donors (Lipinski definition) is 1. The maximum Gasteiger partial charge on any atom is 0.337 e. The normalized spacial score (nSPS) is 10.2. The van der Waals surface area contributed by atoms with Gasteiger partial charge in [0, 0.05) is 24.0 Å². The first-order chi connectivity index (χ1) is 9.47. The highest BCUT2D eigenvalue weighted by atomic mass is 32.2. The summed E-state index contributed by atoms with van der Waals surface area (Å²) in [7, 11) is 0. The van der Waals surface area contributed by atoms with E-state index in [1.165, 1.54) is 30.6 Å². The molecule has 0 radical (unpaired) electrons. The van der Waals surface area contributed by atoms with Gasteiger partial charge in [0.05, 0.1) is 10.5 Å². The topological polar surface area (TPSA) is 106 Å². The number of nitro groups is 1. The molecular formula is C12H9N3O4S. The van der Waals surface area contributed by atoms with Crippen molar-refractivity contribution in [3.8, 4) is 0 Å². The number of rotatable bonds is 4. The van der Waals surface area contributed by atoms with Gasteiger partial charge in [-0.2, -0.15) is 0 Å². The van der Waals surface area contributed by atoms with E-state index in [0.29, 0.717) is 15.6 Å². The Morgan fingerprint density at radius 2 is 2.00 bits per heavy atom. The second-order valence-electron chi connectivity index (χ2n) is 3.86. The minimum absolute atomic E-state index is 0.00958. The molecule has 2 heterocycles. The van der Waals surface area contributed by atoms with Crippen LogP contribution in [-0.4, -0.2) is 26.0 Å². The van der Waals surface area contributed by atoms with E-state index in [0.717, 1.165) is 11.8 Å². The van der Waals surface area contributed by atoms with Gasteiger partial charge in [-0.15, -0.1) is 0 Å². The number of aromatic nitrogens is 2. The first-order valence-corrected chi connectivity index (χ1v) is 6.27. The van der Waals surface area contributed by atoms with Gasteiger partial charge in [0.1, 0.15) is 10.1 Å². The zero-order chi connectivity index (χ0) is 14.7. The number of nitrogens with zero attached hydrogens (tertiary/aromatic N) is 3. The Bertz CT molecular complexity index is 673. The summed E-state index contributed by atoms with van der Waals surface area (Å²) in [4.78, 5) is 29.1. The van der Waals surface area contributed by atoms with Crippen molar-refractivity contribution >= 4 is 23.4 Å². The van der Waals surface area contributed by atoms with Crippen molar-refractivity contribution in [2.24, 2.45) is 0 Å². The monoisotopic (exact) mass is 291 g/mol. The predicted molar refractivity (Wildman–Crippen MR) is 70.9 cm³/mol. The van der Waals surface area contributed by atoms with E-state index in [9.17, 15) is 14.9 Å². The van der Waals surface area contributed by atoms with E-state index in [1.807, 2.05) is 0 Å². The second kappa shape index (κ2) is 5.66. The molecule has 0 aromatic carbocycles. The largest absolute Gasteiger partial charge is 0.478 e. The predicted octanol–water partition coefficient (Wildman–Crippen LogP) is 2.54. The lowest BCUT2D eigenvalue weighted by molar-refractivity contribution is -0.385. The average Bonchev–Trinajstić information content (AvgIpc) is 2.41. The average molecular weight is 291 g/mol. The fourth-order valence-corrected chi connectivity index (χ4v) is 2.15. The smallest absolute Gasteiger partial charge is 0.337 e. The van der Waals surface area contributed by atoms with Crippen molar-refractivity contribution < 1.29 is 14.8 Å². The van der Waals surface area contributed by atoms with Crippen LogP contribution < -0.4 is 0 Å². The minimum atomic E-state index is -1.06. The molecule has 0 bridgehead atoms. The van der Waals surface area contributed by atoms with Gasteiger partial charge < -0.3 is 5.11 Å². The van der Waals surface area contributed by atoms with Gasteiger partial charge in [0.2, 0.25) is 0 Å². The highest BCUT2D eigenvalue weighted by Crippen LogP contribution is 2.28. The summed E-state index contributed by atoms with van der Waals surface area (Å²) in [6.45, 7) is 1.61. The quantitative estimate of drug-likeness (QED) is 0.681. The Morgan fingerprint density at radius 3 is 2.55 bits per heavy atom. The fourth-order valence-electron chi connectivity index (χ4n) is 1.42. The van der Waals surface area contributed by atoms with E-state index in [-0.39, 0.29) is 11.3 Å². The molecule has 8 heteroatoms. The molecule has 0 saturated heterocycles. The molecule has 0 aliphatic rings. The summed E-state index contributed by atoms with van der Waals surface area (Å²) in [6.07, 6.45) is 2.65. The van der Waals surface area contributed by atoms with Crippen molar-refractivity contribution in [2.75, 3.05) is 0 Å². The molecule has 20 heavy (non-hydrogen) atoms. The molecule has 0 unspecified atom stereocenters. The lowest BCUT2D eigenvalue weighted by Crippen LogP contribution is -1.97. The molecule has 0 spiro atoms. The Morgan fingerprint density at radius 1 is 1.30 bits per heavy atom. The molecule has 0 aliphatic heterocycles. The Labute approximate surface area is 117 Å². The third-order valence-electron chi connectivity index (χ3n) is 2.44. The van der Waals surface area contributed by atoms with Gasteiger partial charge in [-0.3, -0.25) is 10.1 Å². The van der Waals surface area contributed by atoms with Crippen molar-refractivity contribution in [2.45, 2.75) is 17.0 Å².